The van der Waals surface area contributed by atoms with Crippen molar-refractivity contribution in [2.75, 3.05) is 0 Å². The van der Waals surface area contributed by atoms with Gasteiger partial charge in [-0.2, -0.15) is 0 Å². The molecular weight excluding hydrogens is 184 g/mol. The highest BCUT2D eigenvalue weighted by Crippen LogP contribution is 2.28. The number of benzene rings is 1. The standard InChI is InChI=1S/C14H16O/c1-10-5-3-8-14(11(10)2)12-6-4-7-13(15)9-12/h3,5,8-9H,4,6-7H2,1-2H3. The lowest BCUT2D eigenvalue weighted by molar-refractivity contribution is -0.114. The molecule has 0 saturated heterocycles. The summed E-state index contributed by atoms with van der Waals surface area (Å²) < 4.78 is 0. The molecule has 0 heterocycles. The van der Waals surface area contributed by atoms with E-state index in [2.05, 4.69) is 32.0 Å². The molecule has 0 spiro atoms. The molecule has 1 aromatic carbocycles. The quantitative estimate of drug-likeness (QED) is 0.678. The summed E-state index contributed by atoms with van der Waals surface area (Å²) in [5.41, 5.74) is 5.07. The molecule has 0 bridgehead atoms. The van der Waals surface area contributed by atoms with Crippen LogP contribution in [0.2, 0.25) is 0 Å². The Morgan fingerprint density at radius 2 is 1.93 bits per heavy atom. The molecule has 0 aliphatic heterocycles. The van der Waals surface area contributed by atoms with E-state index in [1.165, 1.54) is 22.3 Å². The molecule has 15 heavy (non-hydrogen) atoms. The van der Waals surface area contributed by atoms with Gasteiger partial charge in [0.05, 0.1) is 0 Å². The fourth-order valence-corrected chi connectivity index (χ4v) is 2.10. The monoisotopic (exact) mass is 200 g/mol. The Bertz CT molecular complexity index is 427. The van der Waals surface area contributed by atoms with Crippen molar-refractivity contribution >= 4 is 11.4 Å². The van der Waals surface area contributed by atoms with Gasteiger partial charge in [-0.25, -0.2) is 0 Å². The Balaban J connectivity index is 2.45. The zero-order valence-electron chi connectivity index (χ0n) is 9.34. The third-order valence-corrected chi connectivity index (χ3v) is 3.16. The van der Waals surface area contributed by atoms with E-state index in [9.17, 15) is 4.79 Å². The minimum absolute atomic E-state index is 0.275. The second-order valence-electron chi connectivity index (χ2n) is 4.24. The van der Waals surface area contributed by atoms with Crippen molar-refractivity contribution in [2.45, 2.75) is 33.1 Å². The highest BCUT2D eigenvalue weighted by Gasteiger charge is 2.13. The summed E-state index contributed by atoms with van der Waals surface area (Å²) >= 11 is 0. The Morgan fingerprint density at radius 1 is 1.13 bits per heavy atom. The topological polar surface area (TPSA) is 17.1 Å². The van der Waals surface area contributed by atoms with Crippen LogP contribution >= 0.6 is 0 Å². The lowest BCUT2D eigenvalue weighted by atomic mass is 9.89. The molecule has 0 fully saturated rings. The maximum absolute atomic E-state index is 11.4. The highest BCUT2D eigenvalue weighted by atomic mass is 16.1. The van der Waals surface area contributed by atoms with Gasteiger partial charge in [0, 0.05) is 6.42 Å². The van der Waals surface area contributed by atoms with Crippen LogP contribution in [0.15, 0.2) is 24.3 Å². The van der Waals surface area contributed by atoms with Crippen molar-refractivity contribution in [3.05, 3.63) is 41.0 Å². The van der Waals surface area contributed by atoms with Crippen molar-refractivity contribution in [3.8, 4) is 0 Å². The minimum Gasteiger partial charge on any atom is -0.295 e. The Labute approximate surface area is 90.8 Å². The summed E-state index contributed by atoms with van der Waals surface area (Å²) in [5, 5.41) is 0. The molecule has 0 unspecified atom stereocenters. The maximum Gasteiger partial charge on any atom is 0.155 e. The number of carbonyl (C=O) groups excluding carboxylic acids is 1. The minimum atomic E-state index is 0.275. The molecular formula is C14H16O. The van der Waals surface area contributed by atoms with E-state index in [0.29, 0.717) is 6.42 Å². The van der Waals surface area contributed by atoms with Crippen LogP contribution in [0.4, 0.5) is 0 Å². The van der Waals surface area contributed by atoms with Gasteiger partial charge in [0.1, 0.15) is 0 Å². The Kier molecular flexibility index (Phi) is 2.72. The second-order valence-corrected chi connectivity index (χ2v) is 4.24. The number of hydrogen-bond donors (Lipinski definition) is 0. The summed E-state index contributed by atoms with van der Waals surface area (Å²) in [6, 6.07) is 6.30. The molecule has 1 nitrogen and oxygen atoms in total. The van der Waals surface area contributed by atoms with E-state index in [1.807, 2.05) is 6.08 Å². The number of carbonyl (C=O) groups is 1. The fraction of sp³-hybridized carbons (Fsp3) is 0.357. The van der Waals surface area contributed by atoms with Gasteiger partial charge in [0.15, 0.2) is 5.78 Å². The van der Waals surface area contributed by atoms with Crippen molar-refractivity contribution in [1.82, 2.24) is 0 Å². The first-order valence-electron chi connectivity index (χ1n) is 5.48. The number of rotatable bonds is 1. The molecule has 0 amide bonds. The summed E-state index contributed by atoms with van der Waals surface area (Å²) in [5.74, 6) is 0.275. The number of allylic oxidation sites excluding steroid dienone is 2. The summed E-state index contributed by atoms with van der Waals surface area (Å²) in [6.07, 6.45) is 4.58. The smallest absolute Gasteiger partial charge is 0.155 e. The Morgan fingerprint density at radius 3 is 2.67 bits per heavy atom. The normalized spacial score (nSPS) is 16.4. The van der Waals surface area contributed by atoms with Gasteiger partial charge in [-0.15, -0.1) is 0 Å². The predicted octanol–water partition coefficient (Wildman–Crippen LogP) is 3.44. The molecule has 0 saturated carbocycles. The van der Waals surface area contributed by atoms with Crippen LogP contribution in [0.3, 0.4) is 0 Å². The molecule has 2 rings (SSSR count). The molecule has 1 aliphatic carbocycles. The predicted molar refractivity (Wildman–Crippen MR) is 62.8 cm³/mol. The average molecular weight is 200 g/mol. The highest BCUT2D eigenvalue weighted by molar-refractivity contribution is 5.98. The molecule has 1 aliphatic rings. The van der Waals surface area contributed by atoms with Gasteiger partial charge in [0.2, 0.25) is 0 Å². The zero-order chi connectivity index (χ0) is 10.8. The third kappa shape index (κ3) is 2.01. The molecule has 1 aromatic rings. The largest absolute Gasteiger partial charge is 0.295 e. The van der Waals surface area contributed by atoms with Gasteiger partial charge < -0.3 is 0 Å². The molecule has 0 N–H and O–H groups in total. The van der Waals surface area contributed by atoms with Gasteiger partial charge in [-0.05, 0) is 55.0 Å². The average Bonchev–Trinajstić information content (AvgIpc) is 2.22. The van der Waals surface area contributed by atoms with Crippen molar-refractivity contribution in [3.63, 3.8) is 0 Å². The van der Waals surface area contributed by atoms with Crippen LogP contribution in [-0.2, 0) is 4.79 Å². The van der Waals surface area contributed by atoms with E-state index in [1.54, 1.807) is 0 Å². The molecule has 78 valence electrons. The molecule has 1 heteroatoms. The van der Waals surface area contributed by atoms with Crippen LogP contribution in [-0.4, -0.2) is 5.78 Å². The summed E-state index contributed by atoms with van der Waals surface area (Å²) in [4.78, 5) is 11.4. The van der Waals surface area contributed by atoms with Crippen LogP contribution in [0.1, 0.15) is 36.0 Å². The number of aryl methyl sites for hydroxylation is 1. The van der Waals surface area contributed by atoms with E-state index in [4.69, 9.17) is 0 Å². The first-order chi connectivity index (χ1) is 7.18. The van der Waals surface area contributed by atoms with Gasteiger partial charge in [0.25, 0.3) is 0 Å². The molecule has 0 atom stereocenters. The molecule has 0 aromatic heterocycles. The number of ketones is 1. The third-order valence-electron chi connectivity index (χ3n) is 3.16. The number of hydrogen-bond acceptors (Lipinski definition) is 1. The van der Waals surface area contributed by atoms with Crippen LogP contribution in [0, 0.1) is 13.8 Å². The van der Waals surface area contributed by atoms with Crippen LogP contribution < -0.4 is 0 Å². The lowest BCUT2D eigenvalue weighted by Crippen LogP contribution is -2.03. The Hall–Kier alpha value is -1.37. The van der Waals surface area contributed by atoms with E-state index in [-0.39, 0.29) is 5.78 Å². The van der Waals surface area contributed by atoms with Crippen LogP contribution in [0.5, 0.6) is 0 Å². The van der Waals surface area contributed by atoms with E-state index >= 15 is 0 Å². The summed E-state index contributed by atoms with van der Waals surface area (Å²) in [7, 11) is 0. The van der Waals surface area contributed by atoms with Gasteiger partial charge >= 0.3 is 0 Å². The van der Waals surface area contributed by atoms with Gasteiger partial charge in [-0.1, -0.05) is 18.2 Å². The first-order valence-corrected chi connectivity index (χ1v) is 5.48. The molecule has 0 radical (unpaired) electrons. The van der Waals surface area contributed by atoms with Crippen molar-refractivity contribution in [1.29, 1.82) is 0 Å². The van der Waals surface area contributed by atoms with E-state index < -0.39 is 0 Å². The fourth-order valence-electron chi connectivity index (χ4n) is 2.10. The SMILES string of the molecule is Cc1cccc(C2=CC(=O)CCC2)c1C. The lowest BCUT2D eigenvalue weighted by Gasteiger charge is -2.15. The maximum atomic E-state index is 11.4. The van der Waals surface area contributed by atoms with Crippen molar-refractivity contribution < 1.29 is 4.79 Å². The first kappa shape index (κ1) is 10.2. The van der Waals surface area contributed by atoms with E-state index in [0.717, 1.165) is 12.8 Å². The van der Waals surface area contributed by atoms with Crippen LogP contribution in [0.25, 0.3) is 5.57 Å². The zero-order valence-corrected chi connectivity index (χ0v) is 9.34. The van der Waals surface area contributed by atoms with Gasteiger partial charge in [-0.3, -0.25) is 4.79 Å². The second kappa shape index (κ2) is 4.01. The van der Waals surface area contributed by atoms with Crippen molar-refractivity contribution in [2.24, 2.45) is 0 Å². The summed E-state index contributed by atoms with van der Waals surface area (Å²) in [6.45, 7) is 4.24.